The first kappa shape index (κ1) is 13.1. The van der Waals surface area contributed by atoms with Gasteiger partial charge < -0.3 is 4.90 Å². The Morgan fingerprint density at radius 2 is 2.33 bits per heavy atom. The monoisotopic (exact) mass is 246 g/mol. The molecule has 18 heavy (non-hydrogen) atoms. The standard InChI is InChI=1S/C15H22N2O/c1-12(2)15(18)17-9-5-6-13(11-17)10-14-7-3-4-8-16-14/h3-4,7-8,12-13H,5-6,9-11H2,1-2H3/t13-/m1/s1. The number of pyridine rings is 1. The number of hydrogen-bond acceptors (Lipinski definition) is 2. The van der Waals surface area contributed by atoms with E-state index in [2.05, 4.69) is 11.1 Å². The molecule has 0 bridgehead atoms. The summed E-state index contributed by atoms with van der Waals surface area (Å²) in [6.07, 6.45) is 5.16. The van der Waals surface area contributed by atoms with Crippen molar-refractivity contribution in [2.24, 2.45) is 11.8 Å². The Morgan fingerprint density at radius 1 is 1.50 bits per heavy atom. The lowest BCUT2D eigenvalue weighted by Gasteiger charge is -2.33. The van der Waals surface area contributed by atoms with Gasteiger partial charge in [-0.1, -0.05) is 19.9 Å². The molecule has 3 nitrogen and oxygen atoms in total. The number of aromatic nitrogens is 1. The summed E-state index contributed by atoms with van der Waals surface area (Å²) in [5, 5.41) is 0. The van der Waals surface area contributed by atoms with Crippen molar-refractivity contribution in [1.82, 2.24) is 9.88 Å². The predicted molar refractivity (Wildman–Crippen MR) is 72.1 cm³/mol. The van der Waals surface area contributed by atoms with Gasteiger partial charge in [0.25, 0.3) is 0 Å². The molecule has 98 valence electrons. The minimum Gasteiger partial charge on any atom is -0.342 e. The zero-order valence-corrected chi connectivity index (χ0v) is 11.3. The van der Waals surface area contributed by atoms with Crippen LogP contribution < -0.4 is 0 Å². The molecule has 3 heteroatoms. The van der Waals surface area contributed by atoms with Crippen molar-refractivity contribution in [1.29, 1.82) is 0 Å². The number of rotatable bonds is 3. The third kappa shape index (κ3) is 3.31. The normalized spacial score (nSPS) is 20.2. The molecule has 1 saturated heterocycles. The van der Waals surface area contributed by atoms with Crippen LogP contribution in [0.15, 0.2) is 24.4 Å². The van der Waals surface area contributed by atoms with Crippen LogP contribution in [0.5, 0.6) is 0 Å². The van der Waals surface area contributed by atoms with E-state index < -0.39 is 0 Å². The molecule has 0 aliphatic carbocycles. The fraction of sp³-hybridized carbons (Fsp3) is 0.600. The molecule has 0 saturated carbocycles. The van der Waals surface area contributed by atoms with E-state index in [0.29, 0.717) is 11.8 Å². The average molecular weight is 246 g/mol. The molecule has 1 aliphatic heterocycles. The van der Waals surface area contributed by atoms with Crippen LogP contribution in [-0.4, -0.2) is 28.9 Å². The van der Waals surface area contributed by atoms with Gasteiger partial charge >= 0.3 is 0 Å². The molecule has 0 N–H and O–H groups in total. The highest BCUT2D eigenvalue weighted by Gasteiger charge is 2.25. The van der Waals surface area contributed by atoms with Crippen LogP contribution in [0.2, 0.25) is 0 Å². The fourth-order valence-corrected chi connectivity index (χ4v) is 2.61. The van der Waals surface area contributed by atoms with Gasteiger partial charge in [-0.2, -0.15) is 0 Å². The molecule has 0 radical (unpaired) electrons. The summed E-state index contributed by atoms with van der Waals surface area (Å²) in [6.45, 7) is 5.78. The minimum absolute atomic E-state index is 0.110. The smallest absolute Gasteiger partial charge is 0.225 e. The van der Waals surface area contributed by atoms with Crippen LogP contribution in [0.25, 0.3) is 0 Å². The van der Waals surface area contributed by atoms with Crippen LogP contribution >= 0.6 is 0 Å². The van der Waals surface area contributed by atoms with Crippen molar-refractivity contribution in [3.63, 3.8) is 0 Å². The predicted octanol–water partition coefficient (Wildman–Crippen LogP) is 2.52. The topological polar surface area (TPSA) is 33.2 Å². The van der Waals surface area contributed by atoms with E-state index in [1.807, 2.05) is 37.1 Å². The highest BCUT2D eigenvalue weighted by atomic mass is 16.2. The Bertz CT molecular complexity index is 389. The van der Waals surface area contributed by atoms with Crippen molar-refractivity contribution >= 4 is 5.91 Å². The number of nitrogens with zero attached hydrogens (tertiary/aromatic N) is 2. The van der Waals surface area contributed by atoms with E-state index in [1.54, 1.807) is 0 Å². The molecule has 1 aromatic rings. The Morgan fingerprint density at radius 3 is 3.00 bits per heavy atom. The Balaban J connectivity index is 1.93. The molecule has 0 unspecified atom stereocenters. The second-order valence-electron chi connectivity index (χ2n) is 5.47. The van der Waals surface area contributed by atoms with Gasteiger partial charge in [-0.05, 0) is 37.3 Å². The van der Waals surface area contributed by atoms with Crippen LogP contribution in [0.4, 0.5) is 0 Å². The van der Waals surface area contributed by atoms with Gasteiger partial charge in [0.2, 0.25) is 5.91 Å². The lowest BCUT2D eigenvalue weighted by molar-refractivity contribution is -0.136. The minimum atomic E-state index is 0.110. The van der Waals surface area contributed by atoms with E-state index >= 15 is 0 Å². The number of piperidine rings is 1. The zero-order valence-electron chi connectivity index (χ0n) is 11.3. The molecule has 1 aliphatic rings. The number of carbonyl (C=O) groups excluding carboxylic acids is 1. The maximum absolute atomic E-state index is 12.0. The molecule has 1 atom stereocenters. The van der Waals surface area contributed by atoms with Crippen molar-refractivity contribution in [2.75, 3.05) is 13.1 Å². The van der Waals surface area contributed by atoms with Crippen molar-refractivity contribution in [3.8, 4) is 0 Å². The van der Waals surface area contributed by atoms with Gasteiger partial charge in [0.1, 0.15) is 0 Å². The molecule has 1 amide bonds. The van der Waals surface area contributed by atoms with E-state index in [-0.39, 0.29) is 5.92 Å². The lowest BCUT2D eigenvalue weighted by Crippen LogP contribution is -2.42. The number of amides is 1. The Labute approximate surface area is 109 Å². The first-order chi connectivity index (χ1) is 8.66. The van der Waals surface area contributed by atoms with Crippen LogP contribution in [-0.2, 0) is 11.2 Å². The first-order valence-corrected chi connectivity index (χ1v) is 6.85. The Hall–Kier alpha value is -1.38. The molecule has 2 rings (SSSR count). The quantitative estimate of drug-likeness (QED) is 0.821. The second-order valence-corrected chi connectivity index (χ2v) is 5.47. The van der Waals surface area contributed by atoms with Crippen LogP contribution in [0.3, 0.4) is 0 Å². The molecule has 1 fully saturated rings. The van der Waals surface area contributed by atoms with Crippen molar-refractivity contribution in [3.05, 3.63) is 30.1 Å². The van der Waals surface area contributed by atoms with Gasteiger partial charge in [-0.15, -0.1) is 0 Å². The van der Waals surface area contributed by atoms with Crippen molar-refractivity contribution < 1.29 is 4.79 Å². The van der Waals surface area contributed by atoms with E-state index in [9.17, 15) is 4.79 Å². The first-order valence-electron chi connectivity index (χ1n) is 6.85. The number of hydrogen-bond donors (Lipinski definition) is 0. The fourth-order valence-electron chi connectivity index (χ4n) is 2.61. The summed E-state index contributed by atoms with van der Waals surface area (Å²) in [6, 6.07) is 6.05. The Kier molecular flexibility index (Phi) is 4.34. The third-order valence-electron chi connectivity index (χ3n) is 3.55. The maximum Gasteiger partial charge on any atom is 0.225 e. The summed E-state index contributed by atoms with van der Waals surface area (Å²) in [7, 11) is 0. The highest BCUT2D eigenvalue weighted by molar-refractivity contribution is 5.78. The van der Waals surface area contributed by atoms with Crippen molar-refractivity contribution in [2.45, 2.75) is 33.1 Å². The van der Waals surface area contributed by atoms with Gasteiger partial charge in [0.15, 0.2) is 0 Å². The summed E-state index contributed by atoms with van der Waals surface area (Å²) >= 11 is 0. The molecular formula is C15H22N2O. The highest BCUT2D eigenvalue weighted by Crippen LogP contribution is 2.21. The van der Waals surface area contributed by atoms with Crippen LogP contribution in [0.1, 0.15) is 32.4 Å². The van der Waals surface area contributed by atoms with Gasteiger partial charge in [0.05, 0.1) is 0 Å². The van der Waals surface area contributed by atoms with E-state index in [0.717, 1.165) is 31.6 Å². The van der Waals surface area contributed by atoms with E-state index in [1.165, 1.54) is 6.42 Å². The maximum atomic E-state index is 12.0. The zero-order chi connectivity index (χ0) is 13.0. The third-order valence-corrected chi connectivity index (χ3v) is 3.55. The summed E-state index contributed by atoms with van der Waals surface area (Å²) in [5.74, 6) is 0.968. The van der Waals surface area contributed by atoms with Gasteiger partial charge in [-0.3, -0.25) is 9.78 Å². The molecule has 1 aromatic heterocycles. The number of likely N-dealkylation sites (tertiary alicyclic amines) is 1. The van der Waals surface area contributed by atoms with Gasteiger partial charge in [0, 0.05) is 30.9 Å². The lowest BCUT2D eigenvalue weighted by atomic mass is 9.92. The summed E-state index contributed by atoms with van der Waals surface area (Å²) in [5.41, 5.74) is 1.14. The average Bonchev–Trinajstić information content (AvgIpc) is 2.39. The molecule has 0 aromatic carbocycles. The number of carbonyl (C=O) groups is 1. The van der Waals surface area contributed by atoms with Crippen LogP contribution in [0, 0.1) is 11.8 Å². The van der Waals surface area contributed by atoms with E-state index in [4.69, 9.17) is 0 Å². The molecule has 0 spiro atoms. The van der Waals surface area contributed by atoms with Gasteiger partial charge in [-0.25, -0.2) is 0 Å². The molecule has 2 heterocycles. The molecular weight excluding hydrogens is 224 g/mol. The second kappa shape index (κ2) is 5.98. The summed E-state index contributed by atoms with van der Waals surface area (Å²) < 4.78 is 0. The summed E-state index contributed by atoms with van der Waals surface area (Å²) in [4.78, 5) is 18.4. The SMILES string of the molecule is CC(C)C(=O)N1CCC[C@H](Cc2ccccn2)C1. The largest absolute Gasteiger partial charge is 0.342 e.